The molecule has 3 unspecified atom stereocenters. The van der Waals surface area contributed by atoms with Gasteiger partial charge in [0.15, 0.2) is 0 Å². The lowest BCUT2D eigenvalue weighted by atomic mass is 9.83. The smallest absolute Gasteiger partial charge is 0.391 e. The van der Waals surface area contributed by atoms with Crippen LogP contribution in [0.1, 0.15) is 114 Å². The number of fused-ring (bicyclic) bond motifs is 1. The van der Waals surface area contributed by atoms with Crippen molar-refractivity contribution in [3.8, 4) is 11.5 Å². The van der Waals surface area contributed by atoms with Crippen molar-refractivity contribution in [3.05, 3.63) is 22.3 Å². The van der Waals surface area contributed by atoms with Gasteiger partial charge in [-0.25, -0.2) is 0 Å². The van der Waals surface area contributed by atoms with Crippen molar-refractivity contribution in [2.45, 2.75) is 131 Å². The van der Waals surface area contributed by atoms with Gasteiger partial charge >= 0.3 is 6.18 Å². The van der Waals surface area contributed by atoms with Gasteiger partial charge in [0.25, 0.3) is 0 Å². The molecule has 1 aliphatic heterocycles. The van der Waals surface area contributed by atoms with Gasteiger partial charge in [0.05, 0.1) is 5.92 Å². The summed E-state index contributed by atoms with van der Waals surface area (Å²) in [7, 11) is 0. The highest BCUT2D eigenvalue weighted by atomic mass is 19.4. The molecule has 0 saturated heterocycles. The third-order valence-electron chi connectivity index (χ3n) is 8.04. The van der Waals surface area contributed by atoms with Gasteiger partial charge in [-0.3, -0.25) is 0 Å². The Labute approximate surface area is 205 Å². The highest BCUT2D eigenvalue weighted by Gasteiger charge is 2.38. The number of hydrogen-bond donors (Lipinski definition) is 1. The van der Waals surface area contributed by atoms with Crippen LogP contribution in [0.4, 0.5) is 13.2 Å². The first-order valence-corrected chi connectivity index (χ1v) is 13.3. The fraction of sp³-hybridized carbons (Fsp3) is 0.793. The number of hydrogen-bond acceptors (Lipinski definition) is 2. The first kappa shape index (κ1) is 28.8. The predicted octanol–water partition coefficient (Wildman–Crippen LogP) is 9.38. The Morgan fingerprint density at radius 2 is 1.47 bits per heavy atom. The number of rotatable bonds is 12. The number of phenols is 1. The maximum atomic E-state index is 13.4. The Kier molecular flexibility index (Phi) is 10.2. The van der Waals surface area contributed by atoms with Crippen molar-refractivity contribution in [2.75, 3.05) is 0 Å². The lowest BCUT2D eigenvalue weighted by molar-refractivity contribution is -0.179. The second kappa shape index (κ2) is 12.0. The van der Waals surface area contributed by atoms with Crippen molar-refractivity contribution in [3.63, 3.8) is 0 Å². The van der Waals surface area contributed by atoms with E-state index in [9.17, 15) is 18.3 Å². The molecule has 0 radical (unpaired) electrons. The first-order chi connectivity index (χ1) is 15.7. The molecule has 1 aliphatic rings. The molecule has 2 rings (SSSR count). The summed E-state index contributed by atoms with van der Waals surface area (Å²) in [5.74, 6) is 1.05. The minimum absolute atomic E-state index is 0.231. The number of benzene rings is 1. The highest BCUT2D eigenvalue weighted by Crippen LogP contribution is 2.44. The molecule has 1 heterocycles. The van der Waals surface area contributed by atoms with Gasteiger partial charge in [0.1, 0.15) is 17.1 Å². The second-order valence-electron chi connectivity index (χ2n) is 11.6. The van der Waals surface area contributed by atoms with Gasteiger partial charge in [-0.1, -0.05) is 52.9 Å². The molecule has 34 heavy (non-hydrogen) atoms. The van der Waals surface area contributed by atoms with Crippen LogP contribution in [0.3, 0.4) is 0 Å². The molecule has 2 nitrogen and oxygen atoms in total. The van der Waals surface area contributed by atoms with Crippen molar-refractivity contribution in [2.24, 2.45) is 17.8 Å². The summed E-state index contributed by atoms with van der Waals surface area (Å²) >= 11 is 0. The van der Waals surface area contributed by atoms with E-state index in [1.165, 1.54) is 0 Å². The predicted molar refractivity (Wildman–Crippen MR) is 135 cm³/mol. The van der Waals surface area contributed by atoms with Crippen LogP contribution >= 0.6 is 0 Å². The summed E-state index contributed by atoms with van der Waals surface area (Å²) in [6.07, 6.45) is 4.27. The van der Waals surface area contributed by atoms with E-state index in [2.05, 4.69) is 27.7 Å². The lowest BCUT2D eigenvalue weighted by Gasteiger charge is -2.38. The Hall–Kier alpha value is -1.39. The van der Waals surface area contributed by atoms with Crippen LogP contribution in [0.5, 0.6) is 11.5 Å². The summed E-state index contributed by atoms with van der Waals surface area (Å²) in [6, 6.07) is 0. The van der Waals surface area contributed by atoms with Crippen LogP contribution < -0.4 is 4.74 Å². The molecule has 3 atom stereocenters. The molecule has 0 fully saturated rings. The largest absolute Gasteiger partial charge is 0.507 e. The van der Waals surface area contributed by atoms with Gasteiger partial charge in [-0.15, -0.1) is 0 Å². The average Bonchev–Trinajstić information content (AvgIpc) is 2.74. The van der Waals surface area contributed by atoms with Gasteiger partial charge < -0.3 is 9.84 Å². The minimum Gasteiger partial charge on any atom is -0.507 e. The van der Waals surface area contributed by atoms with Crippen LogP contribution in [0.2, 0.25) is 0 Å². The lowest BCUT2D eigenvalue weighted by Crippen LogP contribution is -2.37. The van der Waals surface area contributed by atoms with E-state index in [-0.39, 0.29) is 18.4 Å². The Morgan fingerprint density at radius 3 is 2.06 bits per heavy atom. The molecule has 1 N–H and O–H groups in total. The van der Waals surface area contributed by atoms with E-state index >= 15 is 0 Å². The Bertz CT molecular complexity index is 800. The maximum Gasteiger partial charge on any atom is 0.391 e. The average molecular weight is 485 g/mol. The standard InChI is InChI=1S/C29H47F3O2/c1-19(2)11-8-14-24(29(30,31)32)15-9-12-20(3)13-10-17-28(7)18-16-25-23(6)26(33)21(4)22(5)27(25)34-28/h19-20,24,33H,8-18H2,1-7H3. The molecule has 0 spiro atoms. The van der Waals surface area contributed by atoms with Crippen LogP contribution in [-0.2, 0) is 6.42 Å². The van der Waals surface area contributed by atoms with E-state index in [0.717, 1.165) is 72.9 Å². The van der Waals surface area contributed by atoms with Crippen LogP contribution in [-0.4, -0.2) is 16.9 Å². The zero-order valence-corrected chi connectivity index (χ0v) is 22.5. The zero-order chi connectivity index (χ0) is 25.7. The highest BCUT2D eigenvalue weighted by molar-refractivity contribution is 5.58. The number of phenolic OH excluding ortho intramolecular Hbond substituents is 1. The van der Waals surface area contributed by atoms with E-state index in [1.807, 2.05) is 20.8 Å². The van der Waals surface area contributed by atoms with Gasteiger partial charge in [0.2, 0.25) is 0 Å². The Balaban J connectivity index is 1.80. The SMILES string of the molecule is Cc1c(C)c2c(c(C)c1O)CCC(C)(CCCC(C)CCCC(CCCC(C)C)C(F)(F)F)O2. The van der Waals surface area contributed by atoms with E-state index in [0.29, 0.717) is 30.4 Å². The quantitative estimate of drug-likeness (QED) is 0.320. The number of ether oxygens (including phenoxy) is 1. The molecule has 0 saturated carbocycles. The molecule has 0 aromatic heterocycles. The maximum absolute atomic E-state index is 13.4. The summed E-state index contributed by atoms with van der Waals surface area (Å²) in [4.78, 5) is 0. The van der Waals surface area contributed by atoms with Crippen molar-refractivity contribution >= 4 is 0 Å². The minimum atomic E-state index is -4.07. The van der Waals surface area contributed by atoms with E-state index in [1.54, 1.807) is 0 Å². The fourth-order valence-electron chi connectivity index (χ4n) is 5.40. The molecule has 0 aliphatic carbocycles. The summed E-state index contributed by atoms with van der Waals surface area (Å²) in [5, 5.41) is 10.4. The summed E-state index contributed by atoms with van der Waals surface area (Å²) in [6.45, 7) is 14.4. The third-order valence-corrected chi connectivity index (χ3v) is 8.04. The van der Waals surface area contributed by atoms with E-state index < -0.39 is 12.1 Å². The first-order valence-electron chi connectivity index (χ1n) is 13.3. The normalized spacial score (nSPS) is 20.2. The summed E-state index contributed by atoms with van der Waals surface area (Å²) < 4.78 is 46.7. The second-order valence-corrected chi connectivity index (χ2v) is 11.6. The number of alkyl halides is 3. The molecule has 0 amide bonds. The van der Waals surface area contributed by atoms with E-state index in [4.69, 9.17) is 4.74 Å². The van der Waals surface area contributed by atoms with Crippen molar-refractivity contribution < 1.29 is 23.0 Å². The van der Waals surface area contributed by atoms with Gasteiger partial charge in [-0.05, 0) is 94.7 Å². The molecular formula is C29H47F3O2. The van der Waals surface area contributed by atoms with Crippen molar-refractivity contribution in [1.82, 2.24) is 0 Å². The molecule has 196 valence electrons. The van der Waals surface area contributed by atoms with Gasteiger partial charge in [-0.2, -0.15) is 13.2 Å². The molecule has 1 aromatic rings. The number of aromatic hydroxyl groups is 1. The number of halogens is 3. The van der Waals surface area contributed by atoms with Crippen LogP contribution in [0.25, 0.3) is 0 Å². The molecule has 1 aromatic carbocycles. The Morgan fingerprint density at radius 1 is 0.882 bits per heavy atom. The van der Waals surface area contributed by atoms with Crippen LogP contribution in [0.15, 0.2) is 0 Å². The third kappa shape index (κ3) is 7.81. The van der Waals surface area contributed by atoms with Crippen molar-refractivity contribution in [1.29, 1.82) is 0 Å². The fourth-order valence-corrected chi connectivity index (χ4v) is 5.40. The molecular weight excluding hydrogens is 437 g/mol. The van der Waals surface area contributed by atoms with Gasteiger partial charge in [0, 0.05) is 5.56 Å². The van der Waals surface area contributed by atoms with Crippen LogP contribution in [0, 0.1) is 38.5 Å². The molecule has 0 bridgehead atoms. The zero-order valence-electron chi connectivity index (χ0n) is 22.5. The summed E-state index contributed by atoms with van der Waals surface area (Å²) in [5.41, 5.74) is 3.72. The topological polar surface area (TPSA) is 29.5 Å². The molecule has 5 heteroatoms. The monoisotopic (exact) mass is 484 g/mol.